The number of aromatic hydroxyl groups is 1. The van der Waals surface area contributed by atoms with E-state index in [-0.39, 0.29) is 5.88 Å². The van der Waals surface area contributed by atoms with Crippen molar-refractivity contribution in [3.8, 4) is 5.88 Å². The van der Waals surface area contributed by atoms with Crippen LogP contribution in [0.5, 0.6) is 5.88 Å². The van der Waals surface area contributed by atoms with Crippen LogP contribution in [0.25, 0.3) is 0 Å². The van der Waals surface area contributed by atoms with Crippen LogP contribution in [-0.4, -0.2) is 16.0 Å². The van der Waals surface area contributed by atoms with Gasteiger partial charge in [0.25, 0.3) is 5.91 Å². The molecular formula is C7H11N3O2. The zero-order valence-corrected chi connectivity index (χ0v) is 6.93. The molecule has 66 valence electrons. The van der Waals surface area contributed by atoms with Gasteiger partial charge in [-0.1, -0.05) is 0 Å². The molecule has 1 heterocycles. The molecule has 1 aromatic rings. The molecule has 0 fully saturated rings. The number of aromatic amines is 1. The van der Waals surface area contributed by atoms with Crippen LogP contribution in [0.3, 0.4) is 0 Å². The molecule has 0 bridgehead atoms. The van der Waals surface area contributed by atoms with Crippen LogP contribution < -0.4 is 11.3 Å². The van der Waals surface area contributed by atoms with Crippen LogP contribution >= 0.6 is 0 Å². The Bertz CT molecular complexity index is 317. The lowest BCUT2D eigenvalue weighted by molar-refractivity contribution is 0.0952. The van der Waals surface area contributed by atoms with Crippen molar-refractivity contribution < 1.29 is 9.90 Å². The standard InChI is InChI=1S/C7H11N3O2/c1-3-5(7(12)10-8)4(2)9-6(3)11/h9,11H,8H2,1-2H3,(H,10,12). The summed E-state index contributed by atoms with van der Waals surface area (Å²) in [7, 11) is 0. The van der Waals surface area contributed by atoms with Gasteiger partial charge in [0.15, 0.2) is 5.88 Å². The number of carbonyl (C=O) groups is 1. The topological polar surface area (TPSA) is 91.1 Å². The van der Waals surface area contributed by atoms with Gasteiger partial charge in [-0.2, -0.15) is 0 Å². The van der Waals surface area contributed by atoms with Crippen molar-refractivity contribution in [3.63, 3.8) is 0 Å². The normalized spacial score (nSPS) is 9.92. The number of carbonyl (C=O) groups excluding carboxylic acids is 1. The highest BCUT2D eigenvalue weighted by Gasteiger charge is 2.16. The van der Waals surface area contributed by atoms with Crippen LogP contribution in [0.1, 0.15) is 21.6 Å². The van der Waals surface area contributed by atoms with E-state index in [1.54, 1.807) is 13.8 Å². The fourth-order valence-corrected chi connectivity index (χ4v) is 1.15. The number of nitrogens with two attached hydrogens (primary N) is 1. The minimum atomic E-state index is -0.401. The molecule has 0 aliphatic heterocycles. The van der Waals surface area contributed by atoms with Crippen LogP contribution in [0.2, 0.25) is 0 Å². The maximum absolute atomic E-state index is 11.1. The third kappa shape index (κ3) is 1.14. The smallest absolute Gasteiger partial charge is 0.267 e. The summed E-state index contributed by atoms with van der Waals surface area (Å²) >= 11 is 0. The number of hydrazine groups is 1. The van der Waals surface area contributed by atoms with E-state index in [0.29, 0.717) is 16.8 Å². The molecule has 0 aliphatic carbocycles. The molecule has 0 atom stereocenters. The minimum absolute atomic E-state index is 0.00565. The Labute approximate surface area is 69.6 Å². The molecule has 0 aromatic carbocycles. The van der Waals surface area contributed by atoms with Crippen LogP contribution in [0, 0.1) is 13.8 Å². The molecule has 12 heavy (non-hydrogen) atoms. The molecule has 1 amide bonds. The summed E-state index contributed by atoms with van der Waals surface area (Å²) in [5, 5.41) is 9.19. The van der Waals surface area contributed by atoms with Gasteiger partial charge in [-0.15, -0.1) is 0 Å². The van der Waals surface area contributed by atoms with Crippen molar-refractivity contribution in [2.24, 2.45) is 5.84 Å². The average molecular weight is 169 g/mol. The molecule has 0 aliphatic rings. The maximum Gasteiger partial charge on any atom is 0.267 e. The third-order valence-corrected chi connectivity index (χ3v) is 1.77. The first-order valence-electron chi connectivity index (χ1n) is 3.47. The Morgan fingerprint density at radius 2 is 2.17 bits per heavy atom. The number of nitrogen functional groups attached to an aromatic ring is 1. The van der Waals surface area contributed by atoms with E-state index in [1.807, 2.05) is 5.43 Å². The summed E-state index contributed by atoms with van der Waals surface area (Å²) in [5.74, 6) is 4.56. The van der Waals surface area contributed by atoms with E-state index >= 15 is 0 Å². The largest absolute Gasteiger partial charge is 0.494 e. The molecule has 5 nitrogen and oxygen atoms in total. The monoisotopic (exact) mass is 169 g/mol. The van der Waals surface area contributed by atoms with Crippen molar-refractivity contribution in [3.05, 3.63) is 16.8 Å². The summed E-state index contributed by atoms with van der Waals surface area (Å²) in [4.78, 5) is 13.7. The lowest BCUT2D eigenvalue weighted by Gasteiger charge is -1.98. The highest BCUT2D eigenvalue weighted by molar-refractivity contribution is 5.97. The molecule has 5 N–H and O–H groups in total. The first kappa shape index (κ1) is 8.61. The van der Waals surface area contributed by atoms with E-state index in [1.165, 1.54) is 0 Å². The number of aryl methyl sites for hydroxylation is 1. The van der Waals surface area contributed by atoms with Crippen molar-refractivity contribution in [1.29, 1.82) is 0 Å². The Morgan fingerprint density at radius 1 is 1.58 bits per heavy atom. The number of nitrogens with one attached hydrogen (secondary N) is 2. The third-order valence-electron chi connectivity index (χ3n) is 1.77. The van der Waals surface area contributed by atoms with Crippen molar-refractivity contribution in [2.75, 3.05) is 0 Å². The van der Waals surface area contributed by atoms with Gasteiger partial charge in [0.2, 0.25) is 0 Å². The van der Waals surface area contributed by atoms with Crippen molar-refractivity contribution >= 4 is 5.91 Å². The van der Waals surface area contributed by atoms with Crippen LogP contribution in [0.4, 0.5) is 0 Å². The first-order valence-corrected chi connectivity index (χ1v) is 3.47. The average Bonchev–Trinajstić information content (AvgIpc) is 2.26. The zero-order chi connectivity index (χ0) is 9.30. The quantitative estimate of drug-likeness (QED) is 0.269. The predicted molar refractivity (Wildman–Crippen MR) is 43.6 cm³/mol. The Balaban J connectivity index is 3.22. The van der Waals surface area contributed by atoms with E-state index in [0.717, 1.165) is 0 Å². The maximum atomic E-state index is 11.1. The molecular weight excluding hydrogens is 158 g/mol. The van der Waals surface area contributed by atoms with Gasteiger partial charge in [0.1, 0.15) is 0 Å². The van der Waals surface area contributed by atoms with Gasteiger partial charge < -0.3 is 10.1 Å². The lowest BCUT2D eigenvalue weighted by atomic mass is 10.1. The molecule has 0 saturated carbocycles. The lowest BCUT2D eigenvalue weighted by Crippen LogP contribution is -2.30. The van der Waals surface area contributed by atoms with E-state index in [2.05, 4.69) is 4.98 Å². The molecule has 0 radical (unpaired) electrons. The molecule has 1 aromatic heterocycles. The number of H-pyrrole nitrogens is 1. The van der Waals surface area contributed by atoms with Crippen LogP contribution in [-0.2, 0) is 0 Å². The number of amides is 1. The number of hydrogen-bond donors (Lipinski definition) is 4. The highest BCUT2D eigenvalue weighted by Crippen LogP contribution is 2.21. The number of aromatic nitrogens is 1. The van der Waals surface area contributed by atoms with Gasteiger partial charge in [-0.05, 0) is 13.8 Å². The predicted octanol–water partition coefficient (Wildman–Crippen LogP) is -0.0594. The number of rotatable bonds is 1. The Kier molecular flexibility index (Phi) is 2.05. The van der Waals surface area contributed by atoms with Crippen LogP contribution in [0.15, 0.2) is 0 Å². The van der Waals surface area contributed by atoms with E-state index < -0.39 is 5.91 Å². The van der Waals surface area contributed by atoms with E-state index in [4.69, 9.17) is 5.84 Å². The second kappa shape index (κ2) is 2.86. The van der Waals surface area contributed by atoms with Gasteiger partial charge in [-0.25, -0.2) is 5.84 Å². The van der Waals surface area contributed by atoms with Gasteiger partial charge in [0.05, 0.1) is 5.56 Å². The molecule has 0 spiro atoms. The molecule has 0 saturated heterocycles. The van der Waals surface area contributed by atoms with Crippen molar-refractivity contribution in [2.45, 2.75) is 13.8 Å². The summed E-state index contributed by atoms with van der Waals surface area (Å²) in [5.41, 5.74) is 3.52. The summed E-state index contributed by atoms with van der Waals surface area (Å²) in [6.07, 6.45) is 0. The zero-order valence-electron chi connectivity index (χ0n) is 6.93. The SMILES string of the molecule is Cc1[nH]c(O)c(C)c1C(=O)NN. The Morgan fingerprint density at radius 3 is 2.50 bits per heavy atom. The van der Waals surface area contributed by atoms with Crippen molar-refractivity contribution in [1.82, 2.24) is 10.4 Å². The summed E-state index contributed by atoms with van der Waals surface area (Å²) in [6, 6.07) is 0. The first-order chi connectivity index (χ1) is 5.57. The molecule has 1 rings (SSSR count). The second-order valence-corrected chi connectivity index (χ2v) is 2.57. The molecule has 5 heteroatoms. The van der Waals surface area contributed by atoms with Gasteiger partial charge in [0, 0.05) is 11.3 Å². The van der Waals surface area contributed by atoms with Gasteiger partial charge >= 0.3 is 0 Å². The van der Waals surface area contributed by atoms with Gasteiger partial charge in [-0.3, -0.25) is 10.2 Å². The summed E-state index contributed by atoms with van der Waals surface area (Å²) in [6.45, 7) is 3.33. The fraction of sp³-hybridized carbons (Fsp3) is 0.286. The Hall–Kier alpha value is -1.49. The molecule has 0 unspecified atom stereocenters. The second-order valence-electron chi connectivity index (χ2n) is 2.57. The highest BCUT2D eigenvalue weighted by atomic mass is 16.3. The summed E-state index contributed by atoms with van der Waals surface area (Å²) < 4.78 is 0. The fourth-order valence-electron chi connectivity index (χ4n) is 1.15. The number of hydrogen-bond acceptors (Lipinski definition) is 3. The van der Waals surface area contributed by atoms with E-state index in [9.17, 15) is 9.90 Å². The minimum Gasteiger partial charge on any atom is -0.494 e.